The van der Waals surface area contributed by atoms with E-state index >= 15 is 0 Å². The van der Waals surface area contributed by atoms with Crippen molar-refractivity contribution < 1.29 is 9.13 Å². The fraction of sp³-hybridized carbons (Fsp3) is 0.706. The van der Waals surface area contributed by atoms with Gasteiger partial charge in [-0.3, -0.25) is 4.98 Å². The van der Waals surface area contributed by atoms with Crippen molar-refractivity contribution in [2.75, 3.05) is 13.7 Å². The molecule has 4 heteroatoms. The standard InChI is InChI=1S/C17H27FN2O/c1-3-9-20-16(14-10-15(18)12-19-11-14)17(21-2)13-7-5-4-6-8-13/h10-13,16-17,20H,3-9H2,1-2H3. The Bertz CT molecular complexity index is 421. The fourth-order valence-electron chi connectivity index (χ4n) is 3.39. The van der Waals surface area contributed by atoms with Crippen molar-refractivity contribution in [2.45, 2.75) is 57.6 Å². The number of nitrogens with one attached hydrogen (secondary N) is 1. The van der Waals surface area contributed by atoms with Gasteiger partial charge in [0, 0.05) is 13.3 Å². The van der Waals surface area contributed by atoms with Crippen LogP contribution in [0.25, 0.3) is 0 Å². The molecule has 1 aliphatic carbocycles. The molecule has 1 aromatic heterocycles. The van der Waals surface area contributed by atoms with E-state index in [1.807, 2.05) is 0 Å². The van der Waals surface area contributed by atoms with Gasteiger partial charge < -0.3 is 10.1 Å². The van der Waals surface area contributed by atoms with Gasteiger partial charge in [-0.05, 0) is 43.4 Å². The first-order valence-corrected chi connectivity index (χ1v) is 8.13. The zero-order valence-corrected chi connectivity index (χ0v) is 13.1. The Labute approximate surface area is 127 Å². The molecule has 21 heavy (non-hydrogen) atoms. The first-order valence-electron chi connectivity index (χ1n) is 8.13. The molecule has 1 heterocycles. The Morgan fingerprint density at radius 2 is 2.10 bits per heavy atom. The van der Waals surface area contributed by atoms with Crippen LogP contribution in [0, 0.1) is 11.7 Å². The highest BCUT2D eigenvalue weighted by Gasteiger charge is 2.31. The molecule has 0 bridgehead atoms. The predicted molar refractivity (Wildman–Crippen MR) is 82.6 cm³/mol. The first-order chi connectivity index (χ1) is 10.3. The summed E-state index contributed by atoms with van der Waals surface area (Å²) >= 11 is 0. The summed E-state index contributed by atoms with van der Waals surface area (Å²) < 4.78 is 19.4. The minimum Gasteiger partial charge on any atom is -0.379 e. The average Bonchev–Trinajstić information content (AvgIpc) is 2.52. The van der Waals surface area contributed by atoms with Gasteiger partial charge in [0.1, 0.15) is 5.82 Å². The smallest absolute Gasteiger partial charge is 0.141 e. The van der Waals surface area contributed by atoms with Gasteiger partial charge in [0.25, 0.3) is 0 Å². The van der Waals surface area contributed by atoms with Crippen LogP contribution in [0.5, 0.6) is 0 Å². The predicted octanol–water partition coefficient (Wildman–Crippen LogP) is 3.86. The van der Waals surface area contributed by atoms with Crippen LogP contribution in [0.3, 0.4) is 0 Å². The summed E-state index contributed by atoms with van der Waals surface area (Å²) in [6.45, 7) is 3.03. The molecule has 0 aliphatic heterocycles. The third-order valence-electron chi connectivity index (χ3n) is 4.41. The molecule has 118 valence electrons. The highest BCUT2D eigenvalue weighted by atomic mass is 19.1. The van der Waals surface area contributed by atoms with E-state index in [4.69, 9.17) is 4.74 Å². The monoisotopic (exact) mass is 294 g/mol. The van der Waals surface area contributed by atoms with Crippen molar-refractivity contribution in [3.05, 3.63) is 29.8 Å². The van der Waals surface area contributed by atoms with Crippen LogP contribution in [0.4, 0.5) is 4.39 Å². The van der Waals surface area contributed by atoms with Crippen LogP contribution in [0.15, 0.2) is 18.5 Å². The quantitative estimate of drug-likeness (QED) is 0.829. The van der Waals surface area contributed by atoms with Gasteiger partial charge in [-0.25, -0.2) is 4.39 Å². The number of hydrogen-bond acceptors (Lipinski definition) is 3. The number of nitrogens with zero attached hydrogens (tertiary/aromatic N) is 1. The van der Waals surface area contributed by atoms with E-state index in [1.54, 1.807) is 19.4 Å². The lowest BCUT2D eigenvalue weighted by molar-refractivity contribution is 0.00741. The maximum Gasteiger partial charge on any atom is 0.141 e. The normalized spacial score (nSPS) is 19.4. The van der Waals surface area contributed by atoms with Crippen molar-refractivity contribution in [3.63, 3.8) is 0 Å². The number of halogens is 1. The zero-order chi connectivity index (χ0) is 15.1. The number of hydrogen-bond donors (Lipinski definition) is 1. The molecule has 0 saturated heterocycles. The lowest BCUT2D eigenvalue weighted by Gasteiger charge is -2.35. The van der Waals surface area contributed by atoms with Crippen LogP contribution < -0.4 is 5.32 Å². The van der Waals surface area contributed by atoms with Crippen LogP contribution in [0.1, 0.15) is 57.1 Å². The minimum absolute atomic E-state index is 0.0150. The number of pyridine rings is 1. The van der Waals surface area contributed by atoms with Crippen molar-refractivity contribution in [2.24, 2.45) is 5.92 Å². The maximum atomic E-state index is 13.5. The van der Waals surface area contributed by atoms with Crippen LogP contribution in [-0.2, 0) is 4.74 Å². The number of ether oxygens (including phenoxy) is 1. The second-order valence-electron chi connectivity index (χ2n) is 5.97. The molecule has 1 fully saturated rings. The molecular weight excluding hydrogens is 267 g/mol. The molecule has 1 saturated carbocycles. The van der Waals surface area contributed by atoms with Crippen molar-refractivity contribution in [3.8, 4) is 0 Å². The summed E-state index contributed by atoms with van der Waals surface area (Å²) in [6.07, 6.45) is 10.4. The summed E-state index contributed by atoms with van der Waals surface area (Å²) in [5.41, 5.74) is 0.890. The number of methoxy groups -OCH3 is 1. The Morgan fingerprint density at radius 1 is 1.33 bits per heavy atom. The topological polar surface area (TPSA) is 34.2 Å². The van der Waals surface area contributed by atoms with Crippen LogP contribution >= 0.6 is 0 Å². The van der Waals surface area contributed by atoms with Gasteiger partial charge in [-0.2, -0.15) is 0 Å². The Morgan fingerprint density at radius 3 is 2.71 bits per heavy atom. The zero-order valence-electron chi connectivity index (χ0n) is 13.1. The Kier molecular flexibility index (Phi) is 6.58. The molecule has 1 aliphatic rings. The van der Waals surface area contributed by atoms with E-state index in [-0.39, 0.29) is 18.0 Å². The SMILES string of the molecule is CCCNC(c1cncc(F)c1)C(OC)C1CCCCC1. The minimum atomic E-state index is -0.283. The Hall–Kier alpha value is -1.00. The third kappa shape index (κ3) is 4.48. The van der Waals surface area contributed by atoms with E-state index in [0.29, 0.717) is 5.92 Å². The number of aromatic nitrogens is 1. The lowest BCUT2D eigenvalue weighted by Crippen LogP contribution is -2.39. The van der Waals surface area contributed by atoms with Crippen molar-refractivity contribution in [1.29, 1.82) is 0 Å². The number of rotatable bonds is 7. The second kappa shape index (κ2) is 8.44. The summed E-state index contributed by atoms with van der Waals surface area (Å²) in [6, 6.07) is 1.59. The van der Waals surface area contributed by atoms with Crippen molar-refractivity contribution in [1.82, 2.24) is 10.3 Å². The molecule has 0 aromatic carbocycles. The van der Waals surface area contributed by atoms with Gasteiger partial charge in [0.2, 0.25) is 0 Å². The molecule has 2 rings (SSSR count). The van der Waals surface area contributed by atoms with Gasteiger partial charge in [0.15, 0.2) is 0 Å². The molecule has 2 unspecified atom stereocenters. The molecule has 1 aromatic rings. The molecule has 0 amide bonds. The summed E-state index contributed by atoms with van der Waals surface area (Å²) in [7, 11) is 1.77. The third-order valence-corrected chi connectivity index (χ3v) is 4.41. The van der Waals surface area contributed by atoms with Crippen LogP contribution in [-0.4, -0.2) is 24.7 Å². The van der Waals surface area contributed by atoms with Gasteiger partial charge >= 0.3 is 0 Å². The molecule has 3 nitrogen and oxygen atoms in total. The summed E-state index contributed by atoms with van der Waals surface area (Å²) in [5.74, 6) is 0.260. The Balaban J connectivity index is 2.19. The molecule has 1 N–H and O–H groups in total. The van der Waals surface area contributed by atoms with Crippen molar-refractivity contribution >= 4 is 0 Å². The van der Waals surface area contributed by atoms with Gasteiger partial charge in [0.05, 0.1) is 18.3 Å². The summed E-state index contributed by atoms with van der Waals surface area (Å²) in [4.78, 5) is 4.00. The highest BCUT2D eigenvalue weighted by Crippen LogP contribution is 2.34. The first kappa shape index (κ1) is 16.4. The van der Waals surface area contributed by atoms with Crippen LogP contribution in [0.2, 0.25) is 0 Å². The highest BCUT2D eigenvalue weighted by molar-refractivity contribution is 5.17. The van der Waals surface area contributed by atoms with E-state index in [1.165, 1.54) is 38.3 Å². The van der Waals surface area contributed by atoms with E-state index in [9.17, 15) is 4.39 Å². The molecular formula is C17H27FN2O. The molecule has 0 radical (unpaired) electrons. The van der Waals surface area contributed by atoms with E-state index in [0.717, 1.165) is 18.5 Å². The molecule has 0 spiro atoms. The largest absolute Gasteiger partial charge is 0.379 e. The maximum absolute atomic E-state index is 13.5. The summed E-state index contributed by atoms with van der Waals surface area (Å²) in [5, 5.41) is 3.53. The lowest BCUT2D eigenvalue weighted by atomic mass is 9.81. The van der Waals surface area contributed by atoms with Gasteiger partial charge in [-0.15, -0.1) is 0 Å². The average molecular weight is 294 g/mol. The second-order valence-corrected chi connectivity index (χ2v) is 5.97. The van der Waals surface area contributed by atoms with Gasteiger partial charge in [-0.1, -0.05) is 26.2 Å². The molecule has 2 atom stereocenters. The fourth-order valence-corrected chi connectivity index (χ4v) is 3.39. The van der Waals surface area contributed by atoms with E-state index in [2.05, 4.69) is 17.2 Å². The van der Waals surface area contributed by atoms with E-state index < -0.39 is 0 Å².